The van der Waals surface area contributed by atoms with Gasteiger partial charge in [-0.05, 0) is 25.7 Å². The fourth-order valence-electron chi connectivity index (χ4n) is 2.33. The summed E-state index contributed by atoms with van der Waals surface area (Å²) >= 11 is 0. The Labute approximate surface area is 121 Å². The van der Waals surface area contributed by atoms with Crippen LogP contribution in [0.3, 0.4) is 0 Å². The normalized spacial score (nSPS) is 14.7. The van der Waals surface area contributed by atoms with Crippen molar-refractivity contribution in [3.05, 3.63) is 0 Å². The van der Waals surface area contributed by atoms with Crippen molar-refractivity contribution < 1.29 is 0 Å². The first-order valence-corrected chi connectivity index (χ1v) is 7.70. The number of nitrogens with one attached hydrogen (secondary N) is 1. The molecule has 1 aliphatic rings. The molecule has 0 amide bonds. The van der Waals surface area contributed by atoms with Gasteiger partial charge in [-0.25, -0.2) is 0 Å². The number of hydrogen-bond acceptors (Lipinski definition) is 6. The van der Waals surface area contributed by atoms with E-state index in [1.54, 1.807) is 0 Å². The molecule has 1 fully saturated rings. The van der Waals surface area contributed by atoms with E-state index in [-0.39, 0.29) is 0 Å². The van der Waals surface area contributed by atoms with Crippen molar-refractivity contribution in [1.29, 1.82) is 0 Å². The third-order valence-corrected chi connectivity index (χ3v) is 3.43. The Morgan fingerprint density at radius 2 is 1.85 bits per heavy atom. The number of aromatic nitrogens is 3. The van der Waals surface area contributed by atoms with E-state index in [4.69, 9.17) is 0 Å². The molecule has 0 radical (unpaired) electrons. The van der Waals surface area contributed by atoms with E-state index in [0.717, 1.165) is 50.9 Å². The quantitative estimate of drug-likeness (QED) is 0.824. The van der Waals surface area contributed by atoms with Crippen LogP contribution in [0.2, 0.25) is 0 Å². The third-order valence-electron chi connectivity index (χ3n) is 3.43. The third kappa shape index (κ3) is 3.71. The van der Waals surface area contributed by atoms with E-state index < -0.39 is 0 Å². The maximum Gasteiger partial charge on any atom is 0.231 e. The maximum atomic E-state index is 4.63. The summed E-state index contributed by atoms with van der Waals surface area (Å²) in [6.45, 7) is 8.24. The van der Waals surface area contributed by atoms with Gasteiger partial charge in [-0.15, -0.1) is 0 Å². The number of nitrogens with zero attached hydrogens (tertiary/aromatic N) is 5. The van der Waals surface area contributed by atoms with Crippen molar-refractivity contribution in [1.82, 2.24) is 15.0 Å². The molecule has 0 aliphatic carbocycles. The molecule has 6 heteroatoms. The average Bonchev–Trinajstić information content (AvgIpc) is 2.99. The summed E-state index contributed by atoms with van der Waals surface area (Å²) in [7, 11) is 2.04. The molecule has 1 aromatic heterocycles. The van der Waals surface area contributed by atoms with Gasteiger partial charge in [0.25, 0.3) is 0 Å². The van der Waals surface area contributed by atoms with Gasteiger partial charge in [0.2, 0.25) is 17.8 Å². The summed E-state index contributed by atoms with van der Waals surface area (Å²) < 4.78 is 0. The van der Waals surface area contributed by atoms with Crippen LogP contribution >= 0.6 is 0 Å². The van der Waals surface area contributed by atoms with Crippen LogP contribution in [0.15, 0.2) is 0 Å². The minimum absolute atomic E-state index is 0.696. The van der Waals surface area contributed by atoms with Crippen LogP contribution in [-0.2, 0) is 0 Å². The predicted octanol–water partition coefficient (Wildman–Crippen LogP) is 2.14. The lowest BCUT2D eigenvalue weighted by molar-refractivity contribution is 0.796. The molecule has 2 heterocycles. The zero-order chi connectivity index (χ0) is 14.4. The summed E-state index contributed by atoms with van der Waals surface area (Å²) in [5, 5.41) is 3.28. The molecule has 1 saturated heterocycles. The topological polar surface area (TPSA) is 57.2 Å². The van der Waals surface area contributed by atoms with Gasteiger partial charge in [0.05, 0.1) is 0 Å². The zero-order valence-corrected chi connectivity index (χ0v) is 12.9. The van der Waals surface area contributed by atoms with Crippen LogP contribution in [0.5, 0.6) is 0 Å². The first-order chi connectivity index (χ1) is 9.74. The Kier molecular flexibility index (Phi) is 5.38. The molecule has 1 aliphatic heterocycles. The average molecular weight is 278 g/mol. The van der Waals surface area contributed by atoms with Crippen molar-refractivity contribution >= 4 is 17.8 Å². The lowest BCUT2D eigenvalue weighted by Crippen LogP contribution is -2.26. The summed E-state index contributed by atoms with van der Waals surface area (Å²) in [4.78, 5) is 18.1. The van der Waals surface area contributed by atoms with E-state index in [1.807, 2.05) is 7.05 Å². The van der Waals surface area contributed by atoms with Crippen molar-refractivity contribution in [3.63, 3.8) is 0 Å². The summed E-state index contributed by atoms with van der Waals surface area (Å²) in [5.74, 6) is 2.28. The van der Waals surface area contributed by atoms with Gasteiger partial charge < -0.3 is 15.1 Å². The minimum atomic E-state index is 0.696. The molecule has 0 unspecified atom stereocenters. The van der Waals surface area contributed by atoms with Gasteiger partial charge in [-0.2, -0.15) is 15.0 Å². The van der Waals surface area contributed by atoms with Gasteiger partial charge in [0, 0.05) is 33.2 Å². The fourth-order valence-corrected chi connectivity index (χ4v) is 2.33. The SMILES string of the molecule is CCCNc1nc(N(C)CCC)nc(N2CCCC2)n1. The Bertz CT molecular complexity index is 416. The standard InChI is InChI=1S/C14H26N6/c1-4-8-15-12-16-13(19(3)9-5-2)18-14(17-12)20-10-6-7-11-20/h4-11H2,1-3H3,(H,15,16,17,18). The molecule has 1 N–H and O–H groups in total. The van der Waals surface area contributed by atoms with Gasteiger partial charge >= 0.3 is 0 Å². The van der Waals surface area contributed by atoms with Crippen LogP contribution in [0.4, 0.5) is 17.8 Å². The molecule has 0 saturated carbocycles. The molecule has 0 bridgehead atoms. The summed E-state index contributed by atoms with van der Waals surface area (Å²) in [6, 6.07) is 0. The Morgan fingerprint density at radius 3 is 2.50 bits per heavy atom. The Hall–Kier alpha value is -1.59. The molecule has 0 aromatic carbocycles. The Morgan fingerprint density at radius 1 is 1.10 bits per heavy atom. The zero-order valence-electron chi connectivity index (χ0n) is 12.9. The molecule has 6 nitrogen and oxygen atoms in total. The molecule has 20 heavy (non-hydrogen) atoms. The van der Waals surface area contributed by atoms with Crippen LogP contribution < -0.4 is 15.1 Å². The smallest absolute Gasteiger partial charge is 0.231 e. The monoisotopic (exact) mass is 278 g/mol. The van der Waals surface area contributed by atoms with Crippen LogP contribution in [-0.4, -0.2) is 48.2 Å². The first-order valence-electron chi connectivity index (χ1n) is 7.70. The van der Waals surface area contributed by atoms with E-state index in [9.17, 15) is 0 Å². The maximum absolute atomic E-state index is 4.63. The largest absolute Gasteiger partial charge is 0.354 e. The highest BCUT2D eigenvalue weighted by Gasteiger charge is 2.18. The highest BCUT2D eigenvalue weighted by Crippen LogP contribution is 2.20. The van der Waals surface area contributed by atoms with Crippen molar-refractivity contribution in [2.45, 2.75) is 39.5 Å². The number of anilines is 3. The molecule has 1 aromatic rings. The van der Waals surface area contributed by atoms with E-state index in [1.165, 1.54) is 12.8 Å². The predicted molar refractivity (Wildman–Crippen MR) is 83.6 cm³/mol. The van der Waals surface area contributed by atoms with Crippen molar-refractivity contribution in [2.24, 2.45) is 0 Å². The second kappa shape index (κ2) is 7.26. The second-order valence-corrected chi connectivity index (χ2v) is 5.30. The first kappa shape index (κ1) is 14.8. The second-order valence-electron chi connectivity index (χ2n) is 5.30. The number of hydrogen-bond donors (Lipinski definition) is 1. The van der Waals surface area contributed by atoms with Crippen molar-refractivity contribution in [3.8, 4) is 0 Å². The van der Waals surface area contributed by atoms with E-state index >= 15 is 0 Å². The fraction of sp³-hybridized carbons (Fsp3) is 0.786. The van der Waals surface area contributed by atoms with Crippen LogP contribution in [0.1, 0.15) is 39.5 Å². The molecular formula is C14H26N6. The summed E-state index contributed by atoms with van der Waals surface area (Å²) in [6.07, 6.45) is 4.59. The van der Waals surface area contributed by atoms with Gasteiger partial charge in [-0.3, -0.25) is 0 Å². The number of rotatable bonds is 7. The molecule has 0 spiro atoms. The van der Waals surface area contributed by atoms with Gasteiger partial charge in [0.15, 0.2) is 0 Å². The summed E-state index contributed by atoms with van der Waals surface area (Å²) in [5.41, 5.74) is 0. The molecule has 0 atom stereocenters. The van der Waals surface area contributed by atoms with E-state index in [0.29, 0.717) is 5.95 Å². The Balaban J connectivity index is 2.22. The molecular weight excluding hydrogens is 252 g/mol. The lowest BCUT2D eigenvalue weighted by Gasteiger charge is -2.21. The van der Waals surface area contributed by atoms with E-state index in [2.05, 4.69) is 43.9 Å². The van der Waals surface area contributed by atoms with Gasteiger partial charge in [-0.1, -0.05) is 13.8 Å². The molecule has 2 rings (SSSR count). The van der Waals surface area contributed by atoms with Crippen LogP contribution in [0, 0.1) is 0 Å². The van der Waals surface area contributed by atoms with Crippen LogP contribution in [0.25, 0.3) is 0 Å². The minimum Gasteiger partial charge on any atom is -0.354 e. The molecule has 112 valence electrons. The van der Waals surface area contributed by atoms with Crippen molar-refractivity contribution in [2.75, 3.05) is 48.3 Å². The lowest BCUT2D eigenvalue weighted by atomic mass is 10.4. The highest BCUT2D eigenvalue weighted by molar-refractivity contribution is 5.45. The van der Waals surface area contributed by atoms with Gasteiger partial charge in [0.1, 0.15) is 0 Å². The highest BCUT2D eigenvalue weighted by atomic mass is 15.4.